The van der Waals surface area contributed by atoms with E-state index < -0.39 is 0 Å². The molecule has 22 heavy (non-hydrogen) atoms. The highest BCUT2D eigenvalue weighted by molar-refractivity contribution is 8.18. The van der Waals surface area contributed by atoms with E-state index in [1.165, 1.54) is 4.90 Å². The Balaban J connectivity index is 2.10. The van der Waals surface area contributed by atoms with Crippen molar-refractivity contribution in [1.82, 2.24) is 4.90 Å². The third-order valence-electron chi connectivity index (χ3n) is 3.41. The number of amides is 2. The number of rotatable bonds is 6. The number of thioether (sulfide) groups is 1. The van der Waals surface area contributed by atoms with Crippen LogP contribution in [0, 0.1) is 0 Å². The number of hydrogen-bond acceptors (Lipinski definition) is 4. The van der Waals surface area contributed by atoms with Crippen LogP contribution in [-0.4, -0.2) is 28.7 Å². The fraction of sp³-hybridized carbons (Fsp3) is 0.412. The number of benzene rings is 1. The van der Waals surface area contributed by atoms with Gasteiger partial charge in [0.2, 0.25) is 0 Å². The molecule has 0 aromatic heterocycles. The van der Waals surface area contributed by atoms with Gasteiger partial charge in [-0.1, -0.05) is 26.0 Å². The van der Waals surface area contributed by atoms with Gasteiger partial charge in [-0.15, -0.1) is 0 Å². The predicted molar refractivity (Wildman–Crippen MR) is 89.8 cm³/mol. The highest BCUT2D eigenvalue weighted by Gasteiger charge is 2.34. The minimum Gasteiger partial charge on any atom is -0.491 e. The van der Waals surface area contributed by atoms with Crippen LogP contribution in [-0.2, 0) is 4.79 Å². The average Bonchev–Trinajstić information content (AvgIpc) is 2.77. The first-order valence-electron chi connectivity index (χ1n) is 7.57. The zero-order chi connectivity index (χ0) is 16.1. The van der Waals surface area contributed by atoms with Crippen LogP contribution in [0.15, 0.2) is 29.2 Å². The van der Waals surface area contributed by atoms with Crippen molar-refractivity contribution in [3.63, 3.8) is 0 Å². The number of carbonyl (C=O) groups excluding carboxylic acids is 2. The summed E-state index contributed by atoms with van der Waals surface area (Å²) in [5.74, 6) is 0.613. The lowest BCUT2D eigenvalue weighted by molar-refractivity contribution is -0.122. The molecule has 1 saturated heterocycles. The Morgan fingerprint density at radius 1 is 1.23 bits per heavy atom. The lowest BCUT2D eigenvalue weighted by atomic mass is 10.2. The Morgan fingerprint density at radius 2 is 1.91 bits per heavy atom. The summed E-state index contributed by atoms with van der Waals surface area (Å²) in [6, 6.07) is 7.56. The van der Waals surface area contributed by atoms with Gasteiger partial charge in [0.05, 0.1) is 11.0 Å². The van der Waals surface area contributed by atoms with E-state index >= 15 is 0 Å². The summed E-state index contributed by atoms with van der Waals surface area (Å²) in [6.07, 6.45) is 3.66. The summed E-state index contributed by atoms with van der Waals surface area (Å²) in [4.78, 5) is 25.7. The lowest BCUT2D eigenvalue weighted by Crippen LogP contribution is -2.28. The van der Waals surface area contributed by atoms with Gasteiger partial charge in [-0.2, -0.15) is 0 Å². The quantitative estimate of drug-likeness (QED) is 0.733. The fourth-order valence-corrected chi connectivity index (χ4v) is 2.89. The fourth-order valence-electron chi connectivity index (χ4n) is 2.03. The Bertz CT molecular complexity index is 580. The molecular weight excluding hydrogens is 298 g/mol. The van der Waals surface area contributed by atoms with Crippen LogP contribution in [0.25, 0.3) is 6.08 Å². The normalized spacial score (nSPS) is 18.1. The summed E-state index contributed by atoms with van der Waals surface area (Å²) in [5, 5.41) is -0.185. The maximum atomic E-state index is 12.2. The van der Waals surface area contributed by atoms with E-state index in [0.717, 1.165) is 35.9 Å². The van der Waals surface area contributed by atoms with Crippen molar-refractivity contribution in [2.24, 2.45) is 0 Å². The molecule has 1 aliphatic heterocycles. The van der Waals surface area contributed by atoms with Crippen molar-refractivity contribution in [3.05, 3.63) is 34.7 Å². The molecule has 1 atom stereocenters. The van der Waals surface area contributed by atoms with Crippen LogP contribution < -0.4 is 4.74 Å². The molecule has 1 aliphatic rings. The van der Waals surface area contributed by atoms with Crippen molar-refractivity contribution >= 4 is 29.0 Å². The molecule has 0 saturated carbocycles. The second-order valence-electron chi connectivity index (χ2n) is 5.24. The molecule has 1 fully saturated rings. The molecule has 0 spiro atoms. The zero-order valence-corrected chi connectivity index (χ0v) is 14.0. The molecule has 1 heterocycles. The van der Waals surface area contributed by atoms with Gasteiger partial charge in [0.1, 0.15) is 5.75 Å². The Kier molecular flexibility index (Phi) is 5.66. The molecule has 0 aliphatic carbocycles. The molecule has 2 rings (SSSR count). The highest BCUT2D eigenvalue weighted by atomic mass is 32.2. The van der Waals surface area contributed by atoms with E-state index in [9.17, 15) is 9.59 Å². The number of carbonyl (C=O) groups is 2. The summed E-state index contributed by atoms with van der Waals surface area (Å²) < 4.78 is 5.72. The summed E-state index contributed by atoms with van der Waals surface area (Å²) in [5.41, 5.74) is 0.888. The average molecular weight is 319 g/mol. The third-order valence-corrected chi connectivity index (χ3v) is 4.32. The van der Waals surface area contributed by atoms with Crippen molar-refractivity contribution in [2.75, 3.05) is 6.54 Å². The molecule has 0 radical (unpaired) electrons. The van der Waals surface area contributed by atoms with Crippen LogP contribution in [0.2, 0.25) is 0 Å². The lowest BCUT2D eigenvalue weighted by Gasteiger charge is -2.12. The van der Waals surface area contributed by atoms with E-state index in [-0.39, 0.29) is 17.3 Å². The molecule has 1 aromatic rings. The summed E-state index contributed by atoms with van der Waals surface area (Å²) >= 11 is 1.00. The standard InChI is InChI=1S/C17H21NO3S/c1-4-10-18-16(19)15(22-17(18)20)11-13-6-8-14(9-7-13)21-12(3)5-2/h6-9,11-12H,4-5,10H2,1-3H3/b15-11+/t12-/m0/s1. The minimum atomic E-state index is -0.197. The van der Waals surface area contributed by atoms with Crippen molar-refractivity contribution in [1.29, 1.82) is 0 Å². The molecule has 118 valence electrons. The van der Waals surface area contributed by atoms with Gasteiger partial charge in [-0.05, 0) is 55.3 Å². The Hall–Kier alpha value is -1.75. The number of hydrogen-bond donors (Lipinski definition) is 0. The number of imide groups is 1. The SMILES string of the molecule is CCCN1C(=O)S/C(=C/c2ccc(O[C@@H](C)CC)cc2)C1=O. The monoisotopic (exact) mass is 319 g/mol. The molecule has 4 nitrogen and oxygen atoms in total. The van der Waals surface area contributed by atoms with E-state index in [4.69, 9.17) is 4.74 Å². The molecule has 1 aromatic carbocycles. The van der Waals surface area contributed by atoms with Gasteiger partial charge < -0.3 is 4.74 Å². The van der Waals surface area contributed by atoms with Crippen LogP contribution in [0.4, 0.5) is 4.79 Å². The Morgan fingerprint density at radius 3 is 2.50 bits per heavy atom. The van der Waals surface area contributed by atoms with Gasteiger partial charge in [0.15, 0.2) is 0 Å². The molecule has 2 amide bonds. The second-order valence-corrected chi connectivity index (χ2v) is 6.23. The summed E-state index contributed by atoms with van der Waals surface area (Å²) in [7, 11) is 0. The van der Waals surface area contributed by atoms with E-state index in [1.54, 1.807) is 6.08 Å². The van der Waals surface area contributed by atoms with Gasteiger partial charge in [-0.25, -0.2) is 0 Å². The highest BCUT2D eigenvalue weighted by Crippen LogP contribution is 2.32. The number of nitrogens with zero attached hydrogens (tertiary/aromatic N) is 1. The topological polar surface area (TPSA) is 46.6 Å². The molecule has 0 unspecified atom stereocenters. The van der Waals surface area contributed by atoms with Crippen molar-refractivity contribution < 1.29 is 14.3 Å². The van der Waals surface area contributed by atoms with Gasteiger partial charge >= 0.3 is 0 Å². The van der Waals surface area contributed by atoms with E-state index in [1.807, 2.05) is 38.1 Å². The first-order valence-corrected chi connectivity index (χ1v) is 8.38. The first kappa shape index (κ1) is 16.6. The zero-order valence-electron chi connectivity index (χ0n) is 13.2. The third kappa shape index (κ3) is 3.91. The van der Waals surface area contributed by atoms with Crippen LogP contribution in [0.3, 0.4) is 0 Å². The summed E-state index contributed by atoms with van der Waals surface area (Å²) in [6.45, 7) is 6.52. The van der Waals surface area contributed by atoms with Gasteiger partial charge in [0.25, 0.3) is 11.1 Å². The molecule has 0 N–H and O–H groups in total. The molecule has 5 heteroatoms. The maximum Gasteiger partial charge on any atom is 0.293 e. The second kappa shape index (κ2) is 7.49. The smallest absolute Gasteiger partial charge is 0.293 e. The predicted octanol–water partition coefficient (Wildman–Crippen LogP) is 4.31. The van der Waals surface area contributed by atoms with Crippen LogP contribution in [0.5, 0.6) is 5.75 Å². The maximum absolute atomic E-state index is 12.2. The largest absolute Gasteiger partial charge is 0.491 e. The molecular formula is C17H21NO3S. The van der Waals surface area contributed by atoms with Crippen LogP contribution in [0.1, 0.15) is 39.2 Å². The van der Waals surface area contributed by atoms with E-state index in [0.29, 0.717) is 11.4 Å². The van der Waals surface area contributed by atoms with Gasteiger partial charge in [-0.3, -0.25) is 14.5 Å². The van der Waals surface area contributed by atoms with Gasteiger partial charge in [0, 0.05) is 6.54 Å². The first-order chi connectivity index (χ1) is 10.5. The van der Waals surface area contributed by atoms with E-state index in [2.05, 4.69) is 6.92 Å². The van der Waals surface area contributed by atoms with Crippen molar-refractivity contribution in [3.8, 4) is 5.75 Å². The Labute approximate surface area is 135 Å². The van der Waals surface area contributed by atoms with Crippen LogP contribution >= 0.6 is 11.8 Å². The molecule has 0 bridgehead atoms. The van der Waals surface area contributed by atoms with Crippen molar-refractivity contribution in [2.45, 2.75) is 39.7 Å². The number of ether oxygens (including phenoxy) is 1. The minimum absolute atomic E-state index is 0.177.